The van der Waals surface area contributed by atoms with E-state index in [1.165, 1.54) is 35.0 Å². The highest BCUT2D eigenvalue weighted by Crippen LogP contribution is 2.22. The smallest absolute Gasteiger partial charge is 0.406 e. The molecule has 1 N–H and O–H groups in total. The van der Waals surface area contributed by atoms with Crippen molar-refractivity contribution in [3.63, 3.8) is 0 Å². The third-order valence-electron chi connectivity index (χ3n) is 2.93. The number of carbonyl (C=O) groups excluding carboxylic acids is 1. The molecule has 2 rings (SSSR count). The second-order valence-electron chi connectivity index (χ2n) is 4.57. The lowest BCUT2D eigenvalue weighted by Crippen LogP contribution is -2.20. The SMILES string of the molecule is CCn1cc(NC(=O)c2ccc(OC(F)(F)F)cc2)ccc1=O. The molecule has 0 aliphatic carbocycles. The summed E-state index contributed by atoms with van der Waals surface area (Å²) in [6.07, 6.45) is -3.29. The van der Waals surface area contributed by atoms with Gasteiger partial charge in [0.05, 0.1) is 5.69 Å². The number of ether oxygens (including phenoxy) is 1. The van der Waals surface area contributed by atoms with Gasteiger partial charge in [-0.05, 0) is 37.3 Å². The Balaban J connectivity index is 2.10. The van der Waals surface area contributed by atoms with E-state index in [2.05, 4.69) is 10.1 Å². The van der Waals surface area contributed by atoms with E-state index in [9.17, 15) is 22.8 Å². The van der Waals surface area contributed by atoms with Gasteiger partial charge < -0.3 is 14.6 Å². The minimum absolute atomic E-state index is 0.161. The van der Waals surface area contributed by atoms with E-state index in [0.717, 1.165) is 12.1 Å². The van der Waals surface area contributed by atoms with Crippen LogP contribution in [0.5, 0.6) is 5.75 Å². The summed E-state index contributed by atoms with van der Waals surface area (Å²) in [5, 5.41) is 2.57. The highest BCUT2D eigenvalue weighted by molar-refractivity contribution is 6.04. The molecular weight excluding hydrogens is 313 g/mol. The zero-order valence-corrected chi connectivity index (χ0v) is 12.1. The van der Waals surface area contributed by atoms with Crippen molar-refractivity contribution >= 4 is 11.6 Å². The number of hydrogen-bond acceptors (Lipinski definition) is 3. The Morgan fingerprint density at radius 1 is 1.17 bits per heavy atom. The van der Waals surface area contributed by atoms with E-state index >= 15 is 0 Å². The maximum absolute atomic E-state index is 12.1. The lowest BCUT2D eigenvalue weighted by atomic mass is 10.2. The van der Waals surface area contributed by atoms with E-state index in [4.69, 9.17) is 0 Å². The normalized spacial score (nSPS) is 11.1. The Kier molecular flexibility index (Phi) is 4.73. The van der Waals surface area contributed by atoms with Crippen LogP contribution in [0.3, 0.4) is 0 Å². The molecule has 1 amide bonds. The summed E-state index contributed by atoms with van der Waals surface area (Å²) in [5.41, 5.74) is 0.375. The van der Waals surface area contributed by atoms with Gasteiger partial charge in [-0.2, -0.15) is 0 Å². The molecule has 0 radical (unpaired) electrons. The zero-order chi connectivity index (χ0) is 17.0. The van der Waals surface area contributed by atoms with Crippen LogP contribution in [0.4, 0.5) is 18.9 Å². The number of amides is 1. The highest BCUT2D eigenvalue weighted by atomic mass is 19.4. The van der Waals surface area contributed by atoms with Gasteiger partial charge in [0.1, 0.15) is 5.75 Å². The van der Waals surface area contributed by atoms with E-state index in [1.807, 2.05) is 0 Å². The molecular formula is C15H13F3N2O3. The van der Waals surface area contributed by atoms with Crippen LogP contribution < -0.4 is 15.6 Å². The first kappa shape index (κ1) is 16.6. The summed E-state index contributed by atoms with van der Waals surface area (Å²) in [5.74, 6) is -0.918. The number of halogens is 3. The first-order valence-electron chi connectivity index (χ1n) is 6.66. The standard InChI is InChI=1S/C15H13F3N2O3/c1-2-20-9-11(5-8-13(20)21)19-14(22)10-3-6-12(7-4-10)23-15(16,17)18/h3-9H,2H2,1H3,(H,19,22). The number of aromatic nitrogens is 1. The van der Waals surface area contributed by atoms with Crippen molar-refractivity contribution in [1.82, 2.24) is 4.57 Å². The van der Waals surface area contributed by atoms with Crippen LogP contribution in [-0.2, 0) is 6.54 Å². The number of aryl methyl sites for hydroxylation is 1. The van der Waals surface area contributed by atoms with Gasteiger partial charge >= 0.3 is 6.36 Å². The first-order valence-corrected chi connectivity index (χ1v) is 6.66. The van der Waals surface area contributed by atoms with Crippen LogP contribution in [0.2, 0.25) is 0 Å². The number of nitrogens with zero attached hydrogens (tertiary/aromatic N) is 1. The van der Waals surface area contributed by atoms with Gasteiger partial charge in [0.25, 0.3) is 11.5 Å². The van der Waals surface area contributed by atoms with Gasteiger partial charge in [0.2, 0.25) is 0 Å². The minimum atomic E-state index is -4.78. The number of hydrogen-bond donors (Lipinski definition) is 1. The van der Waals surface area contributed by atoms with Crippen LogP contribution in [0, 0.1) is 0 Å². The summed E-state index contributed by atoms with van der Waals surface area (Å²) in [4.78, 5) is 23.5. The molecule has 23 heavy (non-hydrogen) atoms. The molecule has 122 valence electrons. The molecule has 2 aromatic rings. The number of rotatable bonds is 4. The third kappa shape index (κ3) is 4.60. The lowest BCUT2D eigenvalue weighted by molar-refractivity contribution is -0.274. The summed E-state index contributed by atoms with van der Waals surface area (Å²) < 4.78 is 41.3. The molecule has 0 unspecified atom stereocenters. The van der Waals surface area contributed by atoms with Gasteiger partial charge in [-0.15, -0.1) is 13.2 Å². The average molecular weight is 326 g/mol. The Morgan fingerprint density at radius 2 is 1.83 bits per heavy atom. The van der Waals surface area contributed by atoms with Gasteiger partial charge in [-0.3, -0.25) is 9.59 Å². The quantitative estimate of drug-likeness (QED) is 0.939. The fourth-order valence-corrected chi connectivity index (χ4v) is 1.86. The third-order valence-corrected chi connectivity index (χ3v) is 2.93. The molecule has 0 aliphatic heterocycles. The Morgan fingerprint density at radius 3 is 2.39 bits per heavy atom. The minimum Gasteiger partial charge on any atom is -0.406 e. The van der Waals surface area contributed by atoms with Gasteiger partial charge in [-0.25, -0.2) is 0 Å². The van der Waals surface area contributed by atoms with Crippen molar-refractivity contribution in [2.45, 2.75) is 19.8 Å². The van der Waals surface area contributed by atoms with Crippen LogP contribution in [-0.4, -0.2) is 16.8 Å². The van der Waals surface area contributed by atoms with E-state index < -0.39 is 18.0 Å². The molecule has 1 aromatic carbocycles. The maximum atomic E-state index is 12.1. The van der Waals surface area contributed by atoms with Crippen molar-refractivity contribution in [2.24, 2.45) is 0 Å². The van der Waals surface area contributed by atoms with Crippen molar-refractivity contribution < 1.29 is 22.7 Å². The molecule has 5 nitrogen and oxygen atoms in total. The number of pyridine rings is 1. The number of benzene rings is 1. The number of nitrogens with one attached hydrogen (secondary N) is 1. The monoisotopic (exact) mass is 326 g/mol. The second kappa shape index (κ2) is 6.55. The molecule has 0 aliphatic rings. The summed E-state index contributed by atoms with van der Waals surface area (Å²) >= 11 is 0. The van der Waals surface area contributed by atoms with E-state index in [1.54, 1.807) is 6.92 Å². The van der Waals surface area contributed by atoms with Crippen molar-refractivity contribution in [3.05, 3.63) is 58.5 Å². The fourth-order valence-electron chi connectivity index (χ4n) is 1.86. The maximum Gasteiger partial charge on any atom is 0.573 e. The molecule has 0 saturated heterocycles. The Bertz CT molecular complexity index is 752. The van der Waals surface area contributed by atoms with Gasteiger partial charge in [-0.1, -0.05) is 0 Å². The molecule has 8 heteroatoms. The van der Waals surface area contributed by atoms with Crippen molar-refractivity contribution in [2.75, 3.05) is 5.32 Å². The zero-order valence-electron chi connectivity index (χ0n) is 12.1. The van der Waals surface area contributed by atoms with Crippen LogP contribution in [0.1, 0.15) is 17.3 Å². The van der Waals surface area contributed by atoms with Crippen LogP contribution >= 0.6 is 0 Å². The molecule has 1 heterocycles. The predicted octanol–water partition coefficient (Wildman–Crippen LogP) is 3.02. The second-order valence-corrected chi connectivity index (χ2v) is 4.57. The lowest BCUT2D eigenvalue weighted by Gasteiger charge is -2.10. The summed E-state index contributed by atoms with van der Waals surface area (Å²) in [6, 6.07) is 7.30. The van der Waals surface area contributed by atoms with Crippen LogP contribution in [0.25, 0.3) is 0 Å². The molecule has 0 fully saturated rings. The van der Waals surface area contributed by atoms with Crippen molar-refractivity contribution in [1.29, 1.82) is 0 Å². The van der Waals surface area contributed by atoms with Gasteiger partial charge in [0, 0.05) is 24.4 Å². The number of alkyl halides is 3. The molecule has 0 saturated carbocycles. The number of carbonyl (C=O) groups is 1. The predicted molar refractivity (Wildman–Crippen MR) is 77.5 cm³/mol. The largest absolute Gasteiger partial charge is 0.573 e. The van der Waals surface area contributed by atoms with E-state index in [0.29, 0.717) is 12.2 Å². The van der Waals surface area contributed by atoms with Crippen molar-refractivity contribution in [3.8, 4) is 5.75 Å². The Hall–Kier alpha value is -2.77. The average Bonchev–Trinajstić information content (AvgIpc) is 2.48. The number of anilines is 1. The summed E-state index contributed by atoms with van der Waals surface area (Å²) in [6.45, 7) is 2.23. The van der Waals surface area contributed by atoms with Crippen LogP contribution in [0.15, 0.2) is 47.4 Å². The highest BCUT2D eigenvalue weighted by Gasteiger charge is 2.31. The summed E-state index contributed by atoms with van der Waals surface area (Å²) in [7, 11) is 0. The molecule has 1 aromatic heterocycles. The van der Waals surface area contributed by atoms with Gasteiger partial charge in [0.15, 0.2) is 0 Å². The molecule has 0 atom stereocenters. The molecule has 0 bridgehead atoms. The van der Waals surface area contributed by atoms with E-state index in [-0.39, 0.29) is 11.1 Å². The fraction of sp³-hybridized carbons (Fsp3) is 0.200. The molecule has 0 spiro atoms. The topological polar surface area (TPSA) is 60.3 Å². The first-order chi connectivity index (χ1) is 10.8. The Labute approximate surface area is 129 Å².